The molecule has 0 saturated carbocycles. The van der Waals surface area contributed by atoms with Crippen LogP contribution in [0.3, 0.4) is 0 Å². The first-order chi connectivity index (χ1) is 8.15. The second-order valence-corrected chi connectivity index (χ2v) is 6.05. The number of fused-ring (bicyclic) bond motifs is 2. The predicted octanol–water partition coefficient (Wildman–Crippen LogP) is 5.07. The Morgan fingerprint density at radius 1 is 1.35 bits per heavy atom. The van der Waals surface area contributed by atoms with Crippen LogP contribution in [0.4, 0.5) is 5.69 Å². The average Bonchev–Trinajstić information content (AvgIpc) is 2.82. The van der Waals surface area contributed by atoms with Gasteiger partial charge in [-0.25, -0.2) is 0 Å². The zero-order valence-electron chi connectivity index (χ0n) is 10.6. The first kappa shape index (κ1) is 11.0. The van der Waals surface area contributed by atoms with Crippen LogP contribution in [0.2, 0.25) is 0 Å². The Morgan fingerprint density at radius 3 is 2.94 bits per heavy atom. The normalized spacial score (nSPS) is 22.9. The highest BCUT2D eigenvalue weighted by molar-refractivity contribution is 7.17. The van der Waals surface area contributed by atoms with Crippen LogP contribution in [0.15, 0.2) is 28.6 Å². The minimum Gasteiger partial charge on any atom is -0.257 e. The third kappa shape index (κ3) is 1.47. The standard InChI is InChI=1S/C15H17NS/c1-4-6-15(3)10(2)16-13-8-11-5-7-17-14(11)9-12(13)15/h5,7-9H,4,6H2,1-3H3. The van der Waals surface area contributed by atoms with Crippen molar-refractivity contribution < 1.29 is 0 Å². The summed E-state index contributed by atoms with van der Waals surface area (Å²) in [5.41, 5.74) is 4.03. The molecule has 1 atom stereocenters. The SMILES string of the molecule is CCCC1(C)C(C)=Nc2cc3ccsc3cc21. The molecule has 0 spiro atoms. The lowest BCUT2D eigenvalue weighted by molar-refractivity contribution is 0.575. The molecule has 2 aromatic rings. The van der Waals surface area contributed by atoms with Gasteiger partial charge in [0.2, 0.25) is 0 Å². The second-order valence-electron chi connectivity index (χ2n) is 5.11. The zero-order chi connectivity index (χ0) is 12.0. The number of rotatable bonds is 2. The van der Waals surface area contributed by atoms with E-state index in [0.29, 0.717) is 0 Å². The van der Waals surface area contributed by atoms with Crippen LogP contribution in [-0.4, -0.2) is 5.71 Å². The van der Waals surface area contributed by atoms with E-state index in [2.05, 4.69) is 44.4 Å². The van der Waals surface area contributed by atoms with Crippen LogP contribution in [0, 0.1) is 0 Å². The first-order valence-corrected chi connectivity index (χ1v) is 7.10. The lowest BCUT2D eigenvalue weighted by Crippen LogP contribution is -2.27. The quantitative estimate of drug-likeness (QED) is 0.698. The van der Waals surface area contributed by atoms with Gasteiger partial charge in [0.05, 0.1) is 5.69 Å². The fourth-order valence-electron chi connectivity index (χ4n) is 2.85. The van der Waals surface area contributed by atoms with E-state index in [1.807, 2.05) is 11.3 Å². The van der Waals surface area contributed by atoms with Gasteiger partial charge >= 0.3 is 0 Å². The molecule has 1 unspecified atom stereocenters. The summed E-state index contributed by atoms with van der Waals surface area (Å²) in [7, 11) is 0. The average molecular weight is 243 g/mol. The Hall–Kier alpha value is -1.15. The van der Waals surface area contributed by atoms with Gasteiger partial charge in [0, 0.05) is 15.8 Å². The summed E-state index contributed by atoms with van der Waals surface area (Å²) >= 11 is 1.82. The number of hydrogen-bond acceptors (Lipinski definition) is 2. The number of nitrogens with zero attached hydrogens (tertiary/aromatic N) is 1. The molecule has 1 aromatic heterocycles. The zero-order valence-corrected chi connectivity index (χ0v) is 11.4. The Kier molecular flexibility index (Phi) is 2.37. The molecule has 0 N–H and O–H groups in total. The highest BCUT2D eigenvalue weighted by atomic mass is 32.1. The van der Waals surface area contributed by atoms with Gasteiger partial charge < -0.3 is 0 Å². The first-order valence-electron chi connectivity index (χ1n) is 6.22. The molecule has 1 aliphatic rings. The van der Waals surface area contributed by atoms with E-state index in [1.54, 1.807) is 0 Å². The van der Waals surface area contributed by atoms with E-state index in [-0.39, 0.29) is 5.41 Å². The maximum Gasteiger partial charge on any atom is 0.0677 e. The molecule has 0 aliphatic carbocycles. The minimum atomic E-state index is 0.155. The molecule has 1 aliphatic heterocycles. The maximum absolute atomic E-state index is 4.77. The fourth-order valence-corrected chi connectivity index (χ4v) is 3.66. The molecule has 0 saturated heterocycles. The summed E-state index contributed by atoms with van der Waals surface area (Å²) in [5, 5.41) is 3.49. The van der Waals surface area contributed by atoms with Gasteiger partial charge in [-0.15, -0.1) is 11.3 Å². The topological polar surface area (TPSA) is 12.4 Å². The Bertz CT molecular complexity index is 608. The van der Waals surface area contributed by atoms with Crippen molar-refractivity contribution in [1.82, 2.24) is 0 Å². The molecule has 0 radical (unpaired) electrons. The molecular weight excluding hydrogens is 226 g/mol. The highest BCUT2D eigenvalue weighted by Gasteiger charge is 2.36. The van der Waals surface area contributed by atoms with Gasteiger partial charge in [0.25, 0.3) is 0 Å². The fraction of sp³-hybridized carbons (Fsp3) is 0.400. The second kappa shape index (κ2) is 3.67. The summed E-state index contributed by atoms with van der Waals surface area (Å²) in [6.45, 7) is 6.75. The van der Waals surface area contributed by atoms with Crippen molar-refractivity contribution in [2.24, 2.45) is 4.99 Å². The molecule has 2 heteroatoms. The van der Waals surface area contributed by atoms with Crippen LogP contribution in [0.1, 0.15) is 39.2 Å². The molecular formula is C15H17NS. The molecule has 17 heavy (non-hydrogen) atoms. The molecule has 88 valence electrons. The van der Waals surface area contributed by atoms with E-state index in [9.17, 15) is 0 Å². The lowest BCUT2D eigenvalue weighted by atomic mass is 9.76. The molecule has 1 aromatic carbocycles. The Labute approximate surface area is 106 Å². The summed E-state index contributed by atoms with van der Waals surface area (Å²) < 4.78 is 1.39. The molecule has 3 rings (SSSR count). The molecule has 2 heterocycles. The van der Waals surface area contributed by atoms with Crippen LogP contribution in [0.5, 0.6) is 0 Å². The van der Waals surface area contributed by atoms with Crippen molar-refractivity contribution in [1.29, 1.82) is 0 Å². The van der Waals surface area contributed by atoms with Gasteiger partial charge in [0.15, 0.2) is 0 Å². The summed E-state index contributed by atoms with van der Waals surface area (Å²) in [6.07, 6.45) is 2.39. The number of thiophene rings is 1. The third-order valence-corrected chi connectivity index (χ3v) is 4.88. The molecule has 0 fully saturated rings. The van der Waals surface area contributed by atoms with Crippen LogP contribution >= 0.6 is 11.3 Å². The third-order valence-electron chi connectivity index (χ3n) is 4.00. The van der Waals surface area contributed by atoms with Gasteiger partial charge in [-0.3, -0.25) is 4.99 Å². The van der Waals surface area contributed by atoms with E-state index >= 15 is 0 Å². The monoisotopic (exact) mass is 243 g/mol. The van der Waals surface area contributed by atoms with Crippen LogP contribution in [-0.2, 0) is 5.41 Å². The van der Waals surface area contributed by atoms with Gasteiger partial charge in [-0.2, -0.15) is 0 Å². The largest absolute Gasteiger partial charge is 0.257 e. The summed E-state index contributed by atoms with van der Waals surface area (Å²) in [5.74, 6) is 0. The van der Waals surface area contributed by atoms with Gasteiger partial charge in [0.1, 0.15) is 0 Å². The highest BCUT2D eigenvalue weighted by Crippen LogP contribution is 2.45. The van der Waals surface area contributed by atoms with Crippen LogP contribution in [0.25, 0.3) is 10.1 Å². The minimum absolute atomic E-state index is 0.155. The number of aliphatic imine (C=N–C) groups is 1. The van der Waals surface area contributed by atoms with E-state index in [0.717, 1.165) is 0 Å². The summed E-state index contributed by atoms with van der Waals surface area (Å²) in [4.78, 5) is 4.77. The lowest BCUT2D eigenvalue weighted by Gasteiger charge is -2.25. The van der Waals surface area contributed by atoms with Crippen LogP contribution < -0.4 is 0 Å². The van der Waals surface area contributed by atoms with Gasteiger partial charge in [-0.05, 0) is 47.9 Å². The number of hydrogen-bond donors (Lipinski definition) is 0. The smallest absolute Gasteiger partial charge is 0.0677 e. The van der Waals surface area contributed by atoms with Gasteiger partial charge in [-0.1, -0.05) is 20.3 Å². The Balaban J connectivity index is 2.24. The van der Waals surface area contributed by atoms with Crippen molar-refractivity contribution in [3.05, 3.63) is 29.1 Å². The molecule has 1 nitrogen and oxygen atoms in total. The predicted molar refractivity (Wildman–Crippen MR) is 76.9 cm³/mol. The van der Waals surface area contributed by atoms with Crippen molar-refractivity contribution in [3.8, 4) is 0 Å². The number of benzene rings is 1. The van der Waals surface area contributed by atoms with E-state index < -0.39 is 0 Å². The van der Waals surface area contributed by atoms with E-state index in [1.165, 1.54) is 39.9 Å². The van der Waals surface area contributed by atoms with Crippen molar-refractivity contribution in [2.75, 3.05) is 0 Å². The molecule has 0 amide bonds. The summed E-state index contributed by atoms with van der Waals surface area (Å²) in [6, 6.07) is 6.77. The van der Waals surface area contributed by atoms with Crippen molar-refractivity contribution in [2.45, 2.75) is 39.0 Å². The maximum atomic E-state index is 4.77. The molecule has 0 bridgehead atoms. The van der Waals surface area contributed by atoms with Crippen molar-refractivity contribution in [3.63, 3.8) is 0 Å². The Morgan fingerprint density at radius 2 is 2.18 bits per heavy atom. The van der Waals surface area contributed by atoms with Crippen molar-refractivity contribution >= 4 is 32.8 Å². The van der Waals surface area contributed by atoms with E-state index in [4.69, 9.17) is 4.99 Å².